The van der Waals surface area contributed by atoms with Gasteiger partial charge in [0.25, 0.3) is 0 Å². The number of likely N-dealkylation sites (tertiary alicyclic amines) is 1. The third-order valence-electron chi connectivity index (χ3n) is 4.30. The molecule has 0 amide bonds. The number of thiazole rings is 1. The lowest BCUT2D eigenvalue weighted by atomic mass is 9.99. The van der Waals surface area contributed by atoms with Gasteiger partial charge in [0.05, 0.1) is 6.54 Å². The van der Waals surface area contributed by atoms with E-state index in [9.17, 15) is 4.39 Å². The molecule has 0 radical (unpaired) electrons. The lowest BCUT2D eigenvalue weighted by molar-refractivity contribution is 0.459. The second-order valence-electron chi connectivity index (χ2n) is 6.21. The molecule has 1 fully saturated rings. The molecule has 1 N–H and O–H groups in total. The summed E-state index contributed by atoms with van der Waals surface area (Å²) in [7, 11) is 1.82. The standard InChI is InChI=1S/C18H23FN4S.HI/c1-13-12-24-17(22-13)10-21-18(20-2)23-8-7-15(11-23)9-14-3-5-16(19)6-4-14;/h3-6,12,15H,7-11H2,1-2H3,(H,20,21);1H. The molecule has 0 aliphatic carbocycles. The van der Waals surface area contributed by atoms with Crippen LogP contribution in [0.2, 0.25) is 0 Å². The van der Waals surface area contributed by atoms with Crippen molar-refractivity contribution in [2.24, 2.45) is 10.9 Å². The fraction of sp³-hybridized carbons (Fsp3) is 0.444. The summed E-state index contributed by atoms with van der Waals surface area (Å²) in [6, 6.07) is 6.85. The van der Waals surface area contributed by atoms with Gasteiger partial charge in [-0.3, -0.25) is 4.99 Å². The molecule has 136 valence electrons. The van der Waals surface area contributed by atoms with Crippen LogP contribution in [0, 0.1) is 18.7 Å². The minimum atomic E-state index is -0.172. The molecular formula is C18H24FIN4S. The normalized spacial score (nSPS) is 17.5. The highest BCUT2D eigenvalue weighted by Crippen LogP contribution is 2.21. The van der Waals surface area contributed by atoms with E-state index in [1.54, 1.807) is 23.5 Å². The van der Waals surface area contributed by atoms with Crippen molar-refractivity contribution in [2.45, 2.75) is 26.3 Å². The average Bonchev–Trinajstić information content (AvgIpc) is 3.20. The van der Waals surface area contributed by atoms with E-state index in [1.807, 2.05) is 26.1 Å². The van der Waals surface area contributed by atoms with Crippen LogP contribution in [0.5, 0.6) is 0 Å². The summed E-state index contributed by atoms with van der Waals surface area (Å²) in [5, 5.41) is 6.55. The van der Waals surface area contributed by atoms with Crippen LogP contribution in [-0.4, -0.2) is 36.0 Å². The minimum absolute atomic E-state index is 0. The first-order valence-electron chi connectivity index (χ1n) is 8.25. The lowest BCUT2D eigenvalue weighted by Crippen LogP contribution is -2.39. The number of rotatable bonds is 4. The zero-order valence-corrected chi connectivity index (χ0v) is 17.7. The Bertz CT molecular complexity index is 701. The Morgan fingerprint density at radius 3 is 2.80 bits per heavy atom. The minimum Gasteiger partial charge on any atom is -0.350 e. The fourth-order valence-electron chi connectivity index (χ4n) is 3.12. The Labute approximate surface area is 169 Å². The Kier molecular flexibility index (Phi) is 7.61. The molecule has 2 heterocycles. The SMILES string of the molecule is CN=C(NCc1nc(C)cs1)N1CCC(Cc2ccc(F)cc2)C1.I. The van der Waals surface area contributed by atoms with Crippen LogP contribution < -0.4 is 5.32 Å². The molecule has 1 aliphatic heterocycles. The molecule has 25 heavy (non-hydrogen) atoms. The Morgan fingerprint density at radius 2 is 2.16 bits per heavy atom. The molecule has 1 aliphatic rings. The maximum Gasteiger partial charge on any atom is 0.194 e. The molecule has 0 bridgehead atoms. The van der Waals surface area contributed by atoms with Gasteiger partial charge in [0.2, 0.25) is 0 Å². The van der Waals surface area contributed by atoms with Gasteiger partial charge < -0.3 is 10.2 Å². The number of aliphatic imine (C=N–C) groups is 1. The molecule has 7 heteroatoms. The fourth-order valence-corrected chi connectivity index (χ4v) is 3.83. The summed E-state index contributed by atoms with van der Waals surface area (Å²) >= 11 is 1.67. The van der Waals surface area contributed by atoms with E-state index in [-0.39, 0.29) is 29.8 Å². The van der Waals surface area contributed by atoms with Gasteiger partial charge in [-0.15, -0.1) is 35.3 Å². The predicted octanol–water partition coefficient (Wildman–Crippen LogP) is 3.85. The number of halogens is 2. The summed E-state index contributed by atoms with van der Waals surface area (Å²) in [5.74, 6) is 1.34. The Morgan fingerprint density at radius 1 is 1.40 bits per heavy atom. The number of aromatic nitrogens is 1. The van der Waals surface area contributed by atoms with E-state index < -0.39 is 0 Å². The van der Waals surface area contributed by atoms with E-state index >= 15 is 0 Å². The molecule has 1 saturated heterocycles. The third kappa shape index (κ3) is 5.64. The molecule has 1 aromatic carbocycles. The molecule has 2 aromatic rings. The molecule has 1 unspecified atom stereocenters. The number of benzene rings is 1. The summed E-state index contributed by atoms with van der Waals surface area (Å²) < 4.78 is 13.0. The first kappa shape index (κ1) is 20.1. The topological polar surface area (TPSA) is 40.5 Å². The van der Waals surface area contributed by atoms with Crippen molar-refractivity contribution in [3.8, 4) is 0 Å². The van der Waals surface area contributed by atoms with Crippen LogP contribution >= 0.6 is 35.3 Å². The van der Waals surface area contributed by atoms with E-state index in [0.717, 1.165) is 42.6 Å². The van der Waals surface area contributed by atoms with Crippen molar-refractivity contribution in [3.05, 3.63) is 51.7 Å². The monoisotopic (exact) mass is 474 g/mol. The smallest absolute Gasteiger partial charge is 0.194 e. The molecule has 0 spiro atoms. The van der Waals surface area contributed by atoms with Gasteiger partial charge in [0.15, 0.2) is 5.96 Å². The van der Waals surface area contributed by atoms with Crippen molar-refractivity contribution in [1.82, 2.24) is 15.2 Å². The quantitative estimate of drug-likeness (QED) is 0.416. The van der Waals surface area contributed by atoms with Crippen molar-refractivity contribution in [2.75, 3.05) is 20.1 Å². The molecule has 3 rings (SSSR count). The van der Waals surface area contributed by atoms with Crippen LogP contribution in [0.25, 0.3) is 0 Å². The summed E-state index contributed by atoms with van der Waals surface area (Å²) in [4.78, 5) is 11.2. The zero-order valence-electron chi connectivity index (χ0n) is 14.5. The summed E-state index contributed by atoms with van der Waals surface area (Å²) in [6.45, 7) is 4.70. The van der Waals surface area contributed by atoms with Crippen LogP contribution in [-0.2, 0) is 13.0 Å². The highest BCUT2D eigenvalue weighted by molar-refractivity contribution is 14.0. The molecule has 0 saturated carbocycles. The van der Waals surface area contributed by atoms with Gasteiger partial charge in [-0.25, -0.2) is 9.37 Å². The van der Waals surface area contributed by atoms with Crippen molar-refractivity contribution < 1.29 is 4.39 Å². The second kappa shape index (κ2) is 9.47. The van der Waals surface area contributed by atoms with Gasteiger partial charge in [-0.1, -0.05) is 12.1 Å². The number of guanidine groups is 1. The van der Waals surface area contributed by atoms with Crippen LogP contribution in [0.15, 0.2) is 34.6 Å². The number of nitrogens with one attached hydrogen (secondary N) is 1. The number of nitrogens with zero attached hydrogens (tertiary/aromatic N) is 3. The Hall–Kier alpha value is -1.22. The maximum absolute atomic E-state index is 13.0. The zero-order chi connectivity index (χ0) is 16.9. The van der Waals surface area contributed by atoms with Crippen LogP contribution in [0.4, 0.5) is 4.39 Å². The van der Waals surface area contributed by atoms with Gasteiger partial charge in [0.1, 0.15) is 10.8 Å². The van der Waals surface area contributed by atoms with Gasteiger partial charge >= 0.3 is 0 Å². The maximum atomic E-state index is 13.0. The third-order valence-corrected chi connectivity index (χ3v) is 5.27. The highest BCUT2D eigenvalue weighted by atomic mass is 127. The molecule has 1 atom stereocenters. The van der Waals surface area contributed by atoms with E-state index in [1.165, 1.54) is 5.56 Å². The number of hydrogen-bond acceptors (Lipinski definition) is 3. The van der Waals surface area contributed by atoms with E-state index in [0.29, 0.717) is 12.5 Å². The molecular weight excluding hydrogens is 450 g/mol. The second-order valence-corrected chi connectivity index (χ2v) is 7.16. The van der Waals surface area contributed by atoms with Crippen LogP contribution in [0.1, 0.15) is 22.7 Å². The van der Waals surface area contributed by atoms with E-state index in [2.05, 4.69) is 25.6 Å². The van der Waals surface area contributed by atoms with Gasteiger partial charge in [-0.05, 0) is 43.4 Å². The number of hydrogen-bond donors (Lipinski definition) is 1. The van der Waals surface area contributed by atoms with Crippen LogP contribution in [0.3, 0.4) is 0 Å². The van der Waals surface area contributed by atoms with Crippen molar-refractivity contribution in [1.29, 1.82) is 0 Å². The first-order valence-corrected chi connectivity index (χ1v) is 9.13. The van der Waals surface area contributed by atoms with Crippen molar-refractivity contribution >= 4 is 41.3 Å². The lowest BCUT2D eigenvalue weighted by Gasteiger charge is -2.21. The van der Waals surface area contributed by atoms with Crippen molar-refractivity contribution in [3.63, 3.8) is 0 Å². The number of aryl methyl sites for hydroxylation is 1. The van der Waals surface area contributed by atoms with Gasteiger partial charge in [0, 0.05) is 31.2 Å². The largest absolute Gasteiger partial charge is 0.350 e. The first-order chi connectivity index (χ1) is 11.6. The van der Waals surface area contributed by atoms with Gasteiger partial charge in [-0.2, -0.15) is 0 Å². The predicted molar refractivity (Wildman–Crippen MR) is 112 cm³/mol. The molecule has 1 aromatic heterocycles. The highest BCUT2D eigenvalue weighted by Gasteiger charge is 2.25. The van der Waals surface area contributed by atoms with E-state index in [4.69, 9.17) is 0 Å². The summed E-state index contributed by atoms with van der Waals surface area (Å²) in [5.41, 5.74) is 2.26. The average molecular weight is 474 g/mol. The molecule has 4 nitrogen and oxygen atoms in total. The summed E-state index contributed by atoms with van der Waals surface area (Å²) in [6.07, 6.45) is 2.12. The Balaban J connectivity index is 0.00000225.